The molecule has 0 fully saturated rings. The summed E-state index contributed by atoms with van der Waals surface area (Å²) in [5, 5.41) is 12.6. The molecule has 80 valence electrons. The van der Waals surface area contributed by atoms with Gasteiger partial charge in [0, 0.05) is 4.88 Å². The van der Waals surface area contributed by atoms with Crippen LogP contribution in [0.1, 0.15) is 22.4 Å². The average molecular weight is 260 g/mol. The van der Waals surface area contributed by atoms with Gasteiger partial charge in [-0.2, -0.15) is 0 Å². The third kappa shape index (κ3) is 3.01. The van der Waals surface area contributed by atoms with Crippen molar-refractivity contribution in [2.45, 2.75) is 18.9 Å². The van der Waals surface area contributed by atoms with Crippen LogP contribution in [0.5, 0.6) is 0 Å². The summed E-state index contributed by atoms with van der Waals surface area (Å²) in [6, 6.07) is 4.10. The van der Waals surface area contributed by atoms with Gasteiger partial charge in [0.1, 0.15) is 15.4 Å². The fourth-order valence-electron chi connectivity index (χ4n) is 1.28. The Morgan fingerprint density at radius 1 is 1.53 bits per heavy atom. The Morgan fingerprint density at radius 2 is 2.40 bits per heavy atom. The summed E-state index contributed by atoms with van der Waals surface area (Å²) in [7, 11) is 0. The van der Waals surface area contributed by atoms with Crippen LogP contribution in [0, 0.1) is 0 Å². The van der Waals surface area contributed by atoms with E-state index in [-0.39, 0.29) is 0 Å². The van der Waals surface area contributed by atoms with Crippen LogP contribution in [0.15, 0.2) is 23.7 Å². The van der Waals surface area contributed by atoms with Crippen molar-refractivity contribution in [3.63, 3.8) is 0 Å². The molecule has 2 aromatic heterocycles. The normalized spacial score (nSPS) is 12.9. The monoisotopic (exact) mass is 259 g/mol. The quantitative estimate of drug-likeness (QED) is 0.911. The smallest absolute Gasteiger partial charge is 0.123 e. The molecule has 2 rings (SSSR count). The number of hydrogen-bond donors (Lipinski definition) is 1. The predicted molar refractivity (Wildman–Crippen MR) is 64.7 cm³/mol. The minimum atomic E-state index is -0.496. The Bertz CT molecular complexity index is 413. The van der Waals surface area contributed by atoms with E-state index in [1.807, 2.05) is 11.4 Å². The molecule has 2 aromatic rings. The molecule has 15 heavy (non-hydrogen) atoms. The second-order valence-corrected chi connectivity index (χ2v) is 5.86. The lowest BCUT2D eigenvalue weighted by Crippen LogP contribution is -1.97. The fraction of sp³-hybridized carbons (Fsp3) is 0.300. The zero-order chi connectivity index (χ0) is 10.7. The van der Waals surface area contributed by atoms with Crippen molar-refractivity contribution in [1.82, 2.24) is 4.98 Å². The minimum Gasteiger partial charge on any atom is -0.386 e. The molecule has 1 unspecified atom stereocenters. The first-order valence-electron chi connectivity index (χ1n) is 4.57. The molecule has 1 atom stereocenters. The van der Waals surface area contributed by atoms with E-state index in [0.29, 0.717) is 15.8 Å². The van der Waals surface area contributed by atoms with Gasteiger partial charge in [-0.15, -0.1) is 22.7 Å². The Kier molecular flexibility index (Phi) is 3.75. The molecule has 5 heteroatoms. The van der Waals surface area contributed by atoms with Crippen molar-refractivity contribution in [2.24, 2.45) is 0 Å². The number of aliphatic hydroxyl groups excluding tert-OH is 1. The highest BCUT2D eigenvalue weighted by Gasteiger charge is 2.12. The molecule has 2 heterocycles. The molecular formula is C10H10ClNOS2. The minimum absolute atomic E-state index is 0.496. The first-order valence-corrected chi connectivity index (χ1v) is 6.65. The van der Waals surface area contributed by atoms with Crippen LogP contribution in [0.25, 0.3) is 0 Å². The van der Waals surface area contributed by atoms with Crippen molar-refractivity contribution >= 4 is 34.3 Å². The van der Waals surface area contributed by atoms with E-state index in [1.54, 1.807) is 17.5 Å². The Morgan fingerprint density at radius 3 is 3.00 bits per heavy atom. The number of halogens is 1. The lowest BCUT2D eigenvalue weighted by atomic mass is 10.2. The van der Waals surface area contributed by atoms with Gasteiger partial charge in [0.2, 0.25) is 0 Å². The Labute approximate surface area is 101 Å². The summed E-state index contributed by atoms with van der Waals surface area (Å²) in [5.74, 6) is 0. The third-order valence-electron chi connectivity index (χ3n) is 2.02. The molecule has 0 bridgehead atoms. The number of thiophene rings is 1. The molecular weight excluding hydrogens is 250 g/mol. The van der Waals surface area contributed by atoms with Gasteiger partial charge in [-0.3, -0.25) is 0 Å². The van der Waals surface area contributed by atoms with Gasteiger partial charge in [0.05, 0.1) is 6.20 Å². The van der Waals surface area contributed by atoms with Crippen LogP contribution in [0.2, 0.25) is 4.34 Å². The van der Waals surface area contributed by atoms with E-state index in [1.165, 1.54) is 16.2 Å². The van der Waals surface area contributed by atoms with E-state index >= 15 is 0 Å². The van der Waals surface area contributed by atoms with E-state index in [0.717, 1.165) is 6.42 Å². The van der Waals surface area contributed by atoms with Gasteiger partial charge in [0.15, 0.2) is 0 Å². The van der Waals surface area contributed by atoms with E-state index in [2.05, 4.69) is 11.1 Å². The zero-order valence-corrected chi connectivity index (χ0v) is 10.3. The maximum atomic E-state index is 9.83. The van der Waals surface area contributed by atoms with Crippen molar-refractivity contribution in [3.8, 4) is 0 Å². The van der Waals surface area contributed by atoms with Crippen LogP contribution >= 0.6 is 34.3 Å². The number of aliphatic hydroxyl groups is 1. The molecule has 0 aliphatic heterocycles. The summed E-state index contributed by atoms with van der Waals surface area (Å²) < 4.78 is 0.625. The fourth-order valence-corrected chi connectivity index (χ4v) is 2.95. The Hall–Kier alpha value is -0.420. The summed E-state index contributed by atoms with van der Waals surface area (Å²) in [4.78, 5) is 5.34. The Balaban J connectivity index is 1.90. The van der Waals surface area contributed by atoms with Crippen LogP contribution in [-0.4, -0.2) is 10.1 Å². The summed E-state index contributed by atoms with van der Waals surface area (Å²) in [5.41, 5.74) is 0. The molecule has 0 saturated carbocycles. The standard InChI is InChI=1S/C10H10ClNOS2/c11-9-6-12-10(15-9)8(13)4-3-7-2-1-5-14-7/h1-2,5-6,8,13H,3-4H2. The average Bonchev–Trinajstić information content (AvgIpc) is 2.84. The molecule has 0 radical (unpaired) electrons. The highest BCUT2D eigenvalue weighted by atomic mass is 35.5. The second-order valence-electron chi connectivity index (χ2n) is 3.14. The molecule has 0 aromatic carbocycles. The van der Waals surface area contributed by atoms with Gasteiger partial charge < -0.3 is 5.11 Å². The number of aromatic nitrogens is 1. The number of aryl methyl sites for hydroxylation is 1. The van der Waals surface area contributed by atoms with E-state index in [4.69, 9.17) is 11.6 Å². The number of hydrogen-bond acceptors (Lipinski definition) is 4. The molecule has 0 amide bonds. The van der Waals surface area contributed by atoms with Gasteiger partial charge >= 0.3 is 0 Å². The summed E-state index contributed by atoms with van der Waals surface area (Å²) >= 11 is 8.80. The van der Waals surface area contributed by atoms with Crippen molar-refractivity contribution in [2.75, 3.05) is 0 Å². The molecule has 1 N–H and O–H groups in total. The largest absolute Gasteiger partial charge is 0.386 e. The topological polar surface area (TPSA) is 33.1 Å². The molecule has 2 nitrogen and oxygen atoms in total. The first kappa shape index (κ1) is 11.1. The van der Waals surface area contributed by atoms with Gasteiger partial charge in [0.25, 0.3) is 0 Å². The van der Waals surface area contributed by atoms with E-state index < -0.39 is 6.10 Å². The summed E-state index contributed by atoms with van der Waals surface area (Å²) in [6.07, 6.45) is 2.67. The zero-order valence-electron chi connectivity index (χ0n) is 7.89. The SMILES string of the molecule is OC(CCc1cccs1)c1ncc(Cl)s1. The van der Waals surface area contributed by atoms with Crippen LogP contribution in [0.3, 0.4) is 0 Å². The lowest BCUT2D eigenvalue weighted by molar-refractivity contribution is 0.167. The maximum Gasteiger partial charge on any atom is 0.123 e. The van der Waals surface area contributed by atoms with Gasteiger partial charge in [-0.05, 0) is 24.3 Å². The first-order chi connectivity index (χ1) is 7.25. The van der Waals surface area contributed by atoms with Crippen LogP contribution < -0.4 is 0 Å². The van der Waals surface area contributed by atoms with Gasteiger partial charge in [-0.25, -0.2) is 4.98 Å². The molecule has 0 aliphatic carbocycles. The highest BCUT2D eigenvalue weighted by Crippen LogP contribution is 2.27. The van der Waals surface area contributed by atoms with Crippen molar-refractivity contribution < 1.29 is 5.11 Å². The predicted octanol–water partition coefficient (Wildman–Crippen LogP) is 3.52. The van der Waals surface area contributed by atoms with Crippen molar-refractivity contribution in [1.29, 1.82) is 0 Å². The third-order valence-corrected chi connectivity index (χ3v) is 4.18. The van der Waals surface area contributed by atoms with Crippen LogP contribution in [0.4, 0.5) is 0 Å². The number of nitrogens with zero attached hydrogens (tertiary/aromatic N) is 1. The van der Waals surface area contributed by atoms with Gasteiger partial charge in [-0.1, -0.05) is 17.7 Å². The summed E-state index contributed by atoms with van der Waals surface area (Å²) in [6.45, 7) is 0. The number of thiazole rings is 1. The van der Waals surface area contributed by atoms with Crippen LogP contribution in [-0.2, 0) is 6.42 Å². The lowest BCUT2D eigenvalue weighted by Gasteiger charge is -2.05. The molecule has 0 spiro atoms. The van der Waals surface area contributed by atoms with E-state index in [9.17, 15) is 5.11 Å². The number of rotatable bonds is 4. The van der Waals surface area contributed by atoms with Crippen molar-refractivity contribution in [3.05, 3.63) is 37.9 Å². The molecule has 0 saturated heterocycles. The highest BCUT2D eigenvalue weighted by molar-refractivity contribution is 7.15. The molecule has 0 aliphatic rings. The second kappa shape index (κ2) is 5.07. The maximum absolute atomic E-state index is 9.83.